The molecule has 0 saturated heterocycles. The van der Waals surface area contributed by atoms with Gasteiger partial charge in [-0.05, 0) is 29.8 Å². The Kier molecular flexibility index (Phi) is 5.29. The number of nitrogens with two attached hydrogens (primary N) is 1. The van der Waals surface area contributed by atoms with Crippen LogP contribution in [-0.2, 0) is 0 Å². The first kappa shape index (κ1) is 12.7. The van der Waals surface area contributed by atoms with Crippen molar-refractivity contribution in [1.82, 2.24) is 5.32 Å². The quantitative estimate of drug-likeness (QED) is 0.782. The van der Waals surface area contributed by atoms with E-state index < -0.39 is 0 Å². The zero-order valence-corrected chi connectivity index (χ0v) is 10.7. The van der Waals surface area contributed by atoms with Crippen LogP contribution in [0.3, 0.4) is 0 Å². The van der Waals surface area contributed by atoms with Crippen molar-refractivity contribution in [3.05, 3.63) is 22.4 Å². The summed E-state index contributed by atoms with van der Waals surface area (Å²) in [6.07, 6.45) is 0. The first-order chi connectivity index (χ1) is 7.11. The number of hydrogen-bond donors (Lipinski definition) is 2. The van der Waals surface area contributed by atoms with E-state index in [0.717, 1.165) is 19.0 Å². The average molecular weight is 226 g/mol. The first-order valence-electron chi connectivity index (χ1n) is 5.61. The van der Waals surface area contributed by atoms with Gasteiger partial charge in [0, 0.05) is 11.4 Å². The molecule has 0 aromatic carbocycles. The van der Waals surface area contributed by atoms with Gasteiger partial charge in [0.1, 0.15) is 0 Å². The highest BCUT2D eigenvalue weighted by atomic mass is 32.1. The molecular formula is C12H22N2S. The maximum absolute atomic E-state index is 6.05. The summed E-state index contributed by atoms with van der Waals surface area (Å²) >= 11 is 1.73. The second-order valence-corrected chi connectivity index (χ2v) is 5.48. The van der Waals surface area contributed by atoms with Gasteiger partial charge in [-0.1, -0.05) is 26.8 Å². The Balaban J connectivity index is 2.21. The van der Waals surface area contributed by atoms with Crippen molar-refractivity contribution in [2.45, 2.75) is 26.8 Å². The molecule has 2 unspecified atom stereocenters. The molecule has 15 heavy (non-hydrogen) atoms. The van der Waals surface area contributed by atoms with Crippen molar-refractivity contribution in [3.63, 3.8) is 0 Å². The smallest absolute Gasteiger partial charge is 0.0516 e. The lowest BCUT2D eigenvalue weighted by Crippen LogP contribution is -2.31. The molecule has 0 aliphatic heterocycles. The fraction of sp³-hybridized carbons (Fsp3) is 0.667. The molecule has 0 bridgehead atoms. The third-order valence-corrected chi connectivity index (χ3v) is 3.88. The molecule has 2 nitrogen and oxygen atoms in total. The van der Waals surface area contributed by atoms with Gasteiger partial charge in [0.15, 0.2) is 0 Å². The first-order valence-corrected chi connectivity index (χ1v) is 6.49. The van der Waals surface area contributed by atoms with Crippen molar-refractivity contribution in [2.75, 3.05) is 13.1 Å². The molecule has 0 radical (unpaired) electrons. The minimum absolute atomic E-state index is 0.143. The van der Waals surface area contributed by atoms with E-state index >= 15 is 0 Å². The molecule has 2 atom stereocenters. The maximum atomic E-state index is 6.05. The van der Waals surface area contributed by atoms with Gasteiger partial charge in [-0.25, -0.2) is 0 Å². The molecule has 1 aromatic heterocycles. The SMILES string of the molecule is CC(C)C(C)CNCC(N)c1cccs1. The number of hydrogen-bond acceptors (Lipinski definition) is 3. The largest absolute Gasteiger partial charge is 0.322 e. The fourth-order valence-corrected chi connectivity index (χ4v) is 2.03. The zero-order valence-electron chi connectivity index (χ0n) is 9.86. The van der Waals surface area contributed by atoms with E-state index in [4.69, 9.17) is 5.73 Å². The summed E-state index contributed by atoms with van der Waals surface area (Å²) in [5, 5.41) is 5.51. The Labute approximate surface area is 96.9 Å². The van der Waals surface area contributed by atoms with Gasteiger partial charge in [-0.2, -0.15) is 0 Å². The van der Waals surface area contributed by atoms with Crippen LogP contribution >= 0.6 is 11.3 Å². The average Bonchev–Trinajstić information content (AvgIpc) is 2.70. The van der Waals surface area contributed by atoms with Crippen molar-refractivity contribution < 1.29 is 0 Å². The van der Waals surface area contributed by atoms with Crippen molar-refractivity contribution in [1.29, 1.82) is 0 Å². The second-order valence-electron chi connectivity index (χ2n) is 4.50. The highest BCUT2D eigenvalue weighted by Crippen LogP contribution is 2.16. The minimum Gasteiger partial charge on any atom is -0.322 e. The fourth-order valence-electron chi connectivity index (χ4n) is 1.31. The molecular weight excluding hydrogens is 204 g/mol. The Morgan fingerprint density at radius 1 is 1.33 bits per heavy atom. The summed E-state index contributed by atoms with van der Waals surface area (Å²) < 4.78 is 0. The minimum atomic E-state index is 0.143. The summed E-state index contributed by atoms with van der Waals surface area (Å²) in [5.41, 5.74) is 6.05. The standard InChI is InChI=1S/C12H22N2S/c1-9(2)10(3)7-14-8-11(13)12-5-4-6-15-12/h4-6,9-11,14H,7-8,13H2,1-3H3. The Bertz CT molecular complexity index is 257. The maximum Gasteiger partial charge on any atom is 0.0516 e. The molecule has 3 heteroatoms. The summed E-state index contributed by atoms with van der Waals surface area (Å²) in [4.78, 5) is 1.26. The predicted octanol–water partition coefficient (Wildman–Crippen LogP) is 2.63. The monoisotopic (exact) mass is 226 g/mol. The van der Waals surface area contributed by atoms with Crippen molar-refractivity contribution in [2.24, 2.45) is 17.6 Å². The van der Waals surface area contributed by atoms with Crippen LogP contribution in [0.1, 0.15) is 31.7 Å². The topological polar surface area (TPSA) is 38.0 Å². The molecule has 0 fully saturated rings. The third-order valence-electron chi connectivity index (χ3n) is 2.88. The second kappa shape index (κ2) is 6.26. The van der Waals surface area contributed by atoms with Crippen LogP contribution in [0.4, 0.5) is 0 Å². The number of thiophene rings is 1. The van der Waals surface area contributed by atoms with Gasteiger partial charge >= 0.3 is 0 Å². The van der Waals surface area contributed by atoms with Gasteiger partial charge in [0.25, 0.3) is 0 Å². The van der Waals surface area contributed by atoms with E-state index in [1.54, 1.807) is 11.3 Å². The summed E-state index contributed by atoms with van der Waals surface area (Å²) in [6, 6.07) is 4.30. The molecule has 1 heterocycles. The van der Waals surface area contributed by atoms with Crippen LogP contribution in [0, 0.1) is 11.8 Å². The summed E-state index contributed by atoms with van der Waals surface area (Å²) in [6.45, 7) is 8.71. The van der Waals surface area contributed by atoms with E-state index in [1.165, 1.54) is 4.88 Å². The van der Waals surface area contributed by atoms with E-state index in [2.05, 4.69) is 43.6 Å². The lowest BCUT2D eigenvalue weighted by atomic mass is 9.98. The zero-order chi connectivity index (χ0) is 11.3. The van der Waals surface area contributed by atoms with Gasteiger partial charge in [0.2, 0.25) is 0 Å². The van der Waals surface area contributed by atoms with E-state index in [0.29, 0.717) is 5.92 Å². The molecule has 0 aliphatic carbocycles. The van der Waals surface area contributed by atoms with Crippen LogP contribution in [0.25, 0.3) is 0 Å². The summed E-state index contributed by atoms with van der Waals surface area (Å²) in [5.74, 6) is 1.44. The molecule has 0 aliphatic rings. The van der Waals surface area contributed by atoms with Gasteiger partial charge < -0.3 is 11.1 Å². The molecule has 1 rings (SSSR count). The Morgan fingerprint density at radius 2 is 2.07 bits per heavy atom. The molecule has 0 amide bonds. The van der Waals surface area contributed by atoms with E-state index in [1.807, 2.05) is 0 Å². The molecule has 3 N–H and O–H groups in total. The summed E-state index contributed by atoms with van der Waals surface area (Å²) in [7, 11) is 0. The lowest BCUT2D eigenvalue weighted by Gasteiger charge is -2.17. The van der Waals surface area contributed by atoms with Crippen molar-refractivity contribution in [3.8, 4) is 0 Å². The van der Waals surface area contributed by atoms with Gasteiger partial charge in [-0.15, -0.1) is 11.3 Å². The lowest BCUT2D eigenvalue weighted by molar-refractivity contribution is 0.388. The highest BCUT2D eigenvalue weighted by molar-refractivity contribution is 7.10. The molecule has 0 spiro atoms. The third kappa shape index (κ3) is 4.33. The molecule has 0 saturated carbocycles. The van der Waals surface area contributed by atoms with E-state index in [9.17, 15) is 0 Å². The number of rotatable bonds is 6. The van der Waals surface area contributed by atoms with Gasteiger partial charge in [-0.3, -0.25) is 0 Å². The van der Waals surface area contributed by atoms with Crippen LogP contribution in [-0.4, -0.2) is 13.1 Å². The van der Waals surface area contributed by atoms with Crippen molar-refractivity contribution >= 4 is 11.3 Å². The van der Waals surface area contributed by atoms with E-state index in [-0.39, 0.29) is 6.04 Å². The van der Waals surface area contributed by atoms with Crippen LogP contribution in [0.5, 0.6) is 0 Å². The normalized spacial score (nSPS) is 15.5. The van der Waals surface area contributed by atoms with Crippen LogP contribution < -0.4 is 11.1 Å². The Morgan fingerprint density at radius 3 is 2.60 bits per heavy atom. The molecule has 1 aromatic rings. The number of nitrogens with one attached hydrogen (secondary N) is 1. The highest BCUT2D eigenvalue weighted by Gasteiger charge is 2.09. The van der Waals surface area contributed by atoms with Crippen LogP contribution in [0.15, 0.2) is 17.5 Å². The van der Waals surface area contributed by atoms with Crippen LogP contribution in [0.2, 0.25) is 0 Å². The molecule has 86 valence electrons. The predicted molar refractivity (Wildman–Crippen MR) is 68.1 cm³/mol. The van der Waals surface area contributed by atoms with Gasteiger partial charge in [0.05, 0.1) is 6.04 Å². The Hall–Kier alpha value is -0.380.